The van der Waals surface area contributed by atoms with Gasteiger partial charge in [-0.05, 0) is 18.2 Å². The van der Waals surface area contributed by atoms with Crippen molar-refractivity contribution in [3.63, 3.8) is 0 Å². The Balaban J connectivity index is 2.06. The molecule has 0 aliphatic rings. The lowest BCUT2D eigenvalue weighted by Gasteiger charge is -2.06. The summed E-state index contributed by atoms with van der Waals surface area (Å²) in [5.41, 5.74) is 0.738. The number of hydrogen-bond donors (Lipinski definition) is 1. The molecule has 3 aromatic rings. The number of nitrogens with zero attached hydrogens (tertiary/aromatic N) is 2. The van der Waals surface area contributed by atoms with Crippen molar-refractivity contribution >= 4 is 22.6 Å². The van der Waals surface area contributed by atoms with Crippen LogP contribution in [-0.2, 0) is 0 Å². The predicted octanol–water partition coefficient (Wildman–Crippen LogP) is 3.40. The van der Waals surface area contributed by atoms with E-state index in [0.717, 1.165) is 11.0 Å². The Bertz CT molecular complexity index is 665. The van der Waals surface area contributed by atoms with Gasteiger partial charge in [0.25, 0.3) is 0 Å². The lowest BCUT2D eigenvalue weighted by atomic mass is 10.3. The molecule has 3 rings (SSSR count). The Kier molecular flexibility index (Phi) is 2.42. The van der Waals surface area contributed by atoms with Gasteiger partial charge in [-0.15, -0.1) is 0 Å². The van der Waals surface area contributed by atoms with Gasteiger partial charge in [-0.1, -0.05) is 23.7 Å². The smallest absolute Gasteiger partial charge is 0.231 e. The average molecular weight is 246 g/mol. The molecule has 0 fully saturated rings. The van der Waals surface area contributed by atoms with E-state index in [1.165, 1.54) is 6.33 Å². The third-order valence-electron chi connectivity index (χ3n) is 2.36. The van der Waals surface area contributed by atoms with Crippen LogP contribution in [0.15, 0.2) is 42.9 Å². The summed E-state index contributed by atoms with van der Waals surface area (Å²) in [5, 5.41) is 1.38. The Hall–Kier alpha value is -2.07. The first-order valence-electron chi connectivity index (χ1n) is 5.05. The van der Waals surface area contributed by atoms with Crippen LogP contribution < -0.4 is 4.74 Å². The van der Waals surface area contributed by atoms with Crippen molar-refractivity contribution in [3.8, 4) is 11.6 Å². The van der Waals surface area contributed by atoms with E-state index in [1.807, 2.05) is 18.2 Å². The zero-order valence-electron chi connectivity index (χ0n) is 8.72. The minimum Gasteiger partial charge on any atom is -0.437 e. The van der Waals surface area contributed by atoms with Gasteiger partial charge < -0.3 is 9.72 Å². The second-order valence-corrected chi connectivity index (χ2v) is 3.86. The number of benzene rings is 1. The number of halogens is 1. The van der Waals surface area contributed by atoms with Crippen LogP contribution in [0.3, 0.4) is 0 Å². The number of H-pyrrole nitrogens is 1. The fourth-order valence-corrected chi connectivity index (χ4v) is 1.74. The van der Waals surface area contributed by atoms with Gasteiger partial charge in [-0.25, -0.2) is 9.97 Å². The molecule has 1 aromatic carbocycles. The summed E-state index contributed by atoms with van der Waals surface area (Å²) in [7, 11) is 0. The molecular weight excluding hydrogens is 238 g/mol. The molecule has 0 saturated heterocycles. The van der Waals surface area contributed by atoms with Crippen LogP contribution in [0.2, 0.25) is 5.02 Å². The highest BCUT2D eigenvalue weighted by atomic mass is 35.5. The summed E-state index contributed by atoms with van der Waals surface area (Å²) in [6, 6.07) is 9.13. The van der Waals surface area contributed by atoms with Crippen molar-refractivity contribution in [2.75, 3.05) is 0 Å². The van der Waals surface area contributed by atoms with Gasteiger partial charge >= 0.3 is 0 Å². The van der Waals surface area contributed by atoms with Crippen molar-refractivity contribution < 1.29 is 4.74 Å². The summed E-state index contributed by atoms with van der Waals surface area (Å²) in [6.45, 7) is 0. The number of ether oxygens (including phenoxy) is 1. The van der Waals surface area contributed by atoms with Gasteiger partial charge in [-0.3, -0.25) is 0 Å². The molecule has 0 aliphatic carbocycles. The first kappa shape index (κ1) is 10.1. The van der Waals surface area contributed by atoms with E-state index in [2.05, 4.69) is 15.0 Å². The largest absolute Gasteiger partial charge is 0.437 e. The number of aromatic nitrogens is 3. The minimum atomic E-state index is 0.490. The zero-order valence-corrected chi connectivity index (χ0v) is 9.48. The minimum absolute atomic E-state index is 0.490. The molecule has 17 heavy (non-hydrogen) atoms. The zero-order chi connectivity index (χ0) is 11.7. The van der Waals surface area contributed by atoms with Gasteiger partial charge in [-0.2, -0.15) is 0 Å². The fourth-order valence-electron chi connectivity index (χ4n) is 1.56. The van der Waals surface area contributed by atoms with Crippen LogP contribution >= 0.6 is 11.6 Å². The van der Waals surface area contributed by atoms with Gasteiger partial charge in [0.15, 0.2) is 0 Å². The van der Waals surface area contributed by atoms with E-state index in [0.29, 0.717) is 16.7 Å². The molecule has 0 atom stereocenters. The Labute approximate surface area is 102 Å². The van der Waals surface area contributed by atoms with Gasteiger partial charge in [0.05, 0.1) is 10.4 Å². The Morgan fingerprint density at radius 1 is 1.12 bits per heavy atom. The molecule has 4 nitrogen and oxygen atoms in total. The monoisotopic (exact) mass is 245 g/mol. The van der Waals surface area contributed by atoms with Crippen LogP contribution in [0, 0.1) is 0 Å². The fraction of sp³-hybridized carbons (Fsp3) is 0. The molecule has 0 saturated carbocycles. The van der Waals surface area contributed by atoms with E-state index in [9.17, 15) is 0 Å². The van der Waals surface area contributed by atoms with E-state index < -0.39 is 0 Å². The third kappa shape index (κ3) is 1.83. The predicted molar refractivity (Wildman–Crippen MR) is 65.4 cm³/mol. The lowest BCUT2D eigenvalue weighted by Crippen LogP contribution is -1.90. The maximum Gasteiger partial charge on any atom is 0.231 e. The number of aromatic amines is 1. The van der Waals surface area contributed by atoms with Crippen LogP contribution in [0.4, 0.5) is 0 Å². The number of rotatable bonds is 2. The molecule has 0 radical (unpaired) electrons. The van der Waals surface area contributed by atoms with E-state index in [-0.39, 0.29) is 0 Å². The van der Waals surface area contributed by atoms with Crippen LogP contribution in [0.25, 0.3) is 11.0 Å². The summed E-state index contributed by atoms with van der Waals surface area (Å²) in [4.78, 5) is 11.2. The summed E-state index contributed by atoms with van der Waals surface area (Å²) < 4.78 is 5.68. The number of para-hydroxylation sites is 1. The lowest BCUT2D eigenvalue weighted by molar-refractivity contribution is 0.468. The second-order valence-electron chi connectivity index (χ2n) is 3.45. The highest BCUT2D eigenvalue weighted by Crippen LogP contribution is 2.30. The van der Waals surface area contributed by atoms with Crippen LogP contribution in [0.1, 0.15) is 0 Å². The molecule has 2 heterocycles. The molecule has 5 heteroatoms. The van der Waals surface area contributed by atoms with Gasteiger partial charge in [0, 0.05) is 6.20 Å². The molecule has 2 aromatic heterocycles. The summed E-state index contributed by atoms with van der Waals surface area (Å²) in [6.07, 6.45) is 3.24. The van der Waals surface area contributed by atoms with E-state index in [4.69, 9.17) is 16.3 Å². The van der Waals surface area contributed by atoms with Gasteiger partial charge in [0.2, 0.25) is 5.88 Å². The second kappa shape index (κ2) is 4.07. The SMILES string of the molecule is Clc1ccccc1Oc1ncnc2[nH]ccc12. The third-order valence-corrected chi connectivity index (χ3v) is 2.67. The quantitative estimate of drug-likeness (QED) is 0.753. The molecule has 0 unspecified atom stereocenters. The average Bonchev–Trinajstić information content (AvgIpc) is 2.81. The molecule has 0 bridgehead atoms. The van der Waals surface area contributed by atoms with Crippen molar-refractivity contribution in [3.05, 3.63) is 47.9 Å². The van der Waals surface area contributed by atoms with Crippen molar-refractivity contribution in [1.82, 2.24) is 15.0 Å². The summed E-state index contributed by atoms with van der Waals surface area (Å²) >= 11 is 6.02. The molecule has 1 N–H and O–H groups in total. The molecule has 0 aliphatic heterocycles. The normalized spacial score (nSPS) is 10.6. The topological polar surface area (TPSA) is 50.8 Å². The standard InChI is InChI=1S/C12H8ClN3O/c13-9-3-1-2-4-10(9)17-12-8-5-6-14-11(8)15-7-16-12/h1-7H,(H,14,15,16). The van der Waals surface area contributed by atoms with Crippen molar-refractivity contribution in [2.45, 2.75) is 0 Å². The van der Waals surface area contributed by atoms with Crippen molar-refractivity contribution in [2.24, 2.45) is 0 Å². The highest BCUT2D eigenvalue weighted by molar-refractivity contribution is 6.32. The first-order valence-corrected chi connectivity index (χ1v) is 5.43. The van der Waals surface area contributed by atoms with Gasteiger partial charge in [0.1, 0.15) is 17.7 Å². The maximum absolute atomic E-state index is 6.02. The molecule has 84 valence electrons. The molecule has 0 amide bonds. The first-order chi connectivity index (χ1) is 8.34. The Morgan fingerprint density at radius 2 is 2.00 bits per heavy atom. The number of hydrogen-bond acceptors (Lipinski definition) is 3. The van der Waals surface area contributed by atoms with Crippen LogP contribution in [0.5, 0.6) is 11.6 Å². The molecular formula is C12H8ClN3O. The number of nitrogens with one attached hydrogen (secondary N) is 1. The number of fused-ring (bicyclic) bond motifs is 1. The highest BCUT2D eigenvalue weighted by Gasteiger charge is 2.08. The maximum atomic E-state index is 6.02. The Morgan fingerprint density at radius 3 is 2.88 bits per heavy atom. The van der Waals surface area contributed by atoms with E-state index in [1.54, 1.807) is 18.3 Å². The van der Waals surface area contributed by atoms with E-state index >= 15 is 0 Å². The van der Waals surface area contributed by atoms with Crippen LogP contribution in [-0.4, -0.2) is 15.0 Å². The summed E-state index contributed by atoms with van der Waals surface area (Å²) in [5.74, 6) is 1.07. The van der Waals surface area contributed by atoms with Crippen molar-refractivity contribution in [1.29, 1.82) is 0 Å². The molecule has 0 spiro atoms.